The van der Waals surface area contributed by atoms with E-state index in [1.54, 1.807) is 13.2 Å². The van der Waals surface area contributed by atoms with E-state index in [1.807, 2.05) is 55.1 Å². The molecular weight excluding hydrogens is 318 g/mol. The first-order chi connectivity index (χ1) is 12.0. The maximum Gasteiger partial charge on any atom is 0.246 e. The summed E-state index contributed by atoms with van der Waals surface area (Å²) in [4.78, 5) is 14.8. The highest BCUT2D eigenvalue weighted by Gasteiger charge is 2.30. The number of benzene rings is 2. The standard InChI is InChI=1S/C19H23N3O3/c1-12-11-22(16-10-14(20)8-9-18(16)25-12)13(2)19(23)21-15-6-4-5-7-17(15)24-3/h4-10,12-13H,11,20H2,1-3H3,(H,21,23). The number of nitrogen functional groups attached to an aromatic ring is 1. The van der Waals surface area contributed by atoms with Crippen molar-refractivity contribution in [3.8, 4) is 11.5 Å². The quantitative estimate of drug-likeness (QED) is 0.836. The molecule has 0 spiro atoms. The number of carbonyl (C=O) groups is 1. The highest BCUT2D eigenvalue weighted by molar-refractivity contribution is 5.98. The minimum Gasteiger partial charge on any atom is -0.495 e. The van der Waals surface area contributed by atoms with E-state index in [0.29, 0.717) is 23.7 Å². The smallest absolute Gasteiger partial charge is 0.246 e. The SMILES string of the molecule is COc1ccccc1NC(=O)C(C)N1CC(C)Oc2ccc(N)cc21. The van der Waals surface area contributed by atoms with E-state index in [1.165, 1.54) is 0 Å². The molecule has 6 heteroatoms. The van der Waals surface area contributed by atoms with Gasteiger partial charge in [-0.15, -0.1) is 0 Å². The van der Waals surface area contributed by atoms with Crippen LogP contribution in [0.25, 0.3) is 0 Å². The molecule has 1 aliphatic heterocycles. The van der Waals surface area contributed by atoms with Crippen molar-refractivity contribution in [2.24, 2.45) is 0 Å². The summed E-state index contributed by atoms with van der Waals surface area (Å²) in [7, 11) is 1.58. The fraction of sp³-hybridized carbons (Fsp3) is 0.316. The number of anilines is 3. The molecule has 1 heterocycles. The van der Waals surface area contributed by atoms with Gasteiger partial charge in [0.25, 0.3) is 0 Å². The highest BCUT2D eigenvalue weighted by atomic mass is 16.5. The van der Waals surface area contributed by atoms with Crippen molar-refractivity contribution < 1.29 is 14.3 Å². The fourth-order valence-electron chi connectivity index (χ4n) is 2.98. The minimum absolute atomic E-state index is 0.0161. The number of hydrogen-bond donors (Lipinski definition) is 2. The molecule has 2 atom stereocenters. The van der Waals surface area contributed by atoms with Gasteiger partial charge in [-0.25, -0.2) is 0 Å². The Morgan fingerprint density at radius 3 is 2.88 bits per heavy atom. The summed E-state index contributed by atoms with van der Waals surface area (Å²) in [6.07, 6.45) is -0.0161. The Kier molecular flexibility index (Phi) is 4.70. The molecule has 1 amide bonds. The number of carbonyl (C=O) groups excluding carboxylic acids is 1. The Morgan fingerprint density at radius 2 is 2.12 bits per heavy atom. The molecule has 2 aromatic carbocycles. The lowest BCUT2D eigenvalue weighted by atomic mass is 10.1. The van der Waals surface area contributed by atoms with Crippen LogP contribution in [0, 0.1) is 0 Å². The van der Waals surface area contributed by atoms with E-state index in [0.717, 1.165) is 11.4 Å². The van der Waals surface area contributed by atoms with Gasteiger partial charge in [-0.05, 0) is 44.2 Å². The molecule has 1 aliphatic rings. The van der Waals surface area contributed by atoms with E-state index < -0.39 is 6.04 Å². The average molecular weight is 341 g/mol. The zero-order valence-electron chi connectivity index (χ0n) is 14.7. The summed E-state index contributed by atoms with van der Waals surface area (Å²) in [6, 6.07) is 12.4. The Labute approximate surface area is 147 Å². The van der Waals surface area contributed by atoms with Crippen molar-refractivity contribution in [2.45, 2.75) is 26.0 Å². The number of nitrogens with two attached hydrogens (primary N) is 1. The predicted octanol–water partition coefficient (Wildman–Crippen LogP) is 2.89. The Balaban J connectivity index is 1.84. The van der Waals surface area contributed by atoms with Gasteiger partial charge in [0, 0.05) is 5.69 Å². The van der Waals surface area contributed by atoms with Crippen LogP contribution in [-0.2, 0) is 4.79 Å². The van der Waals surface area contributed by atoms with Crippen LogP contribution in [-0.4, -0.2) is 31.7 Å². The summed E-state index contributed by atoms with van der Waals surface area (Å²) in [5.41, 5.74) is 8.04. The lowest BCUT2D eigenvalue weighted by Gasteiger charge is -2.38. The third-order valence-corrected chi connectivity index (χ3v) is 4.29. The third-order valence-electron chi connectivity index (χ3n) is 4.29. The van der Waals surface area contributed by atoms with E-state index in [2.05, 4.69) is 5.32 Å². The molecule has 3 rings (SSSR count). The molecule has 6 nitrogen and oxygen atoms in total. The van der Waals surface area contributed by atoms with Crippen LogP contribution in [0.3, 0.4) is 0 Å². The van der Waals surface area contributed by atoms with Crippen LogP contribution in [0.5, 0.6) is 11.5 Å². The lowest BCUT2D eigenvalue weighted by molar-refractivity contribution is -0.117. The molecular formula is C19H23N3O3. The molecule has 0 fully saturated rings. The van der Waals surface area contributed by atoms with Crippen molar-refractivity contribution >= 4 is 23.0 Å². The number of methoxy groups -OCH3 is 1. The summed E-state index contributed by atoms with van der Waals surface area (Å²) >= 11 is 0. The summed E-state index contributed by atoms with van der Waals surface area (Å²) in [5.74, 6) is 1.25. The van der Waals surface area contributed by atoms with Crippen molar-refractivity contribution in [1.82, 2.24) is 0 Å². The molecule has 2 unspecified atom stereocenters. The van der Waals surface area contributed by atoms with Crippen LogP contribution in [0.2, 0.25) is 0 Å². The lowest BCUT2D eigenvalue weighted by Crippen LogP contribution is -2.48. The Morgan fingerprint density at radius 1 is 1.36 bits per heavy atom. The van der Waals surface area contributed by atoms with Gasteiger partial charge < -0.3 is 25.4 Å². The van der Waals surface area contributed by atoms with E-state index in [4.69, 9.17) is 15.2 Å². The average Bonchev–Trinajstić information content (AvgIpc) is 2.61. The Hall–Kier alpha value is -2.89. The van der Waals surface area contributed by atoms with Crippen LogP contribution in [0.4, 0.5) is 17.1 Å². The molecule has 0 aromatic heterocycles. The van der Waals surface area contributed by atoms with E-state index in [9.17, 15) is 4.79 Å². The zero-order valence-corrected chi connectivity index (χ0v) is 14.7. The molecule has 0 saturated carbocycles. The van der Waals surface area contributed by atoms with Gasteiger partial charge in [-0.2, -0.15) is 0 Å². The largest absolute Gasteiger partial charge is 0.495 e. The number of nitrogens with one attached hydrogen (secondary N) is 1. The fourth-order valence-corrected chi connectivity index (χ4v) is 2.98. The number of amides is 1. The molecule has 0 aliphatic carbocycles. The van der Waals surface area contributed by atoms with Crippen LogP contribution < -0.4 is 25.4 Å². The van der Waals surface area contributed by atoms with Crippen LogP contribution >= 0.6 is 0 Å². The number of ether oxygens (including phenoxy) is 2. The molecule has 3 N–H and O–H groups in total. The first-order valence-electron chi connectivity index (χ1n) is 8.26. The molecule has 25 heavy (non-hydrogen) atoms. The molecule has 0 saturated heterocycles. The van der Waals surface area contributed by atoms with Crippen molar-refractivity contribution in [3.63, 3.8) is 0 Å². The zero-order chi connectivity index (χ0) is 18.0. The second kappa shape index (κ2) is 6.93. The van der Waals surface area contributed by atoms with Gasteiger partial charge in [0.05, 0.1) is 25.0 Å². The number of rotatable bonds is 4. The van der Waals surface area contributed by atoms with Crippen molar-refractivity contribution in [3.05, 3.63) is 42.5 Å². The summed E-state index contributed by atoms with van der Waals surface area (Å²) in [5, 5.41) is 2.94. The summed E-state index contributed by atoms with van der Waals surface area (Å²) in [6.45, 7) is 4.46. The normalized spacial score (nSPS) is 17.2. The highest BCUT2D eigenvalue weighted by Crippen LogP contribution is 2.36. The number of fused-ring (bicyclic) bond motifs is 1. The number of nitrogens with zero attached hydrogens (tertiary/aromatic N) is 1. The molecule has 132 valence electrons. The second-order valence-electron chi connectivity index (χ2n) is 6.17. The van der Waals surface area contributed by atoms with Crippen LogP contribution in [0.1, 0.15) is 13.8 Å². The van der Waals surface area contributed by atoms with E-state index >= 15 is 0 Å². The Bertz CT molecular complexity index is 778. The maximum absolute atomic E-state index is 12.8. The first kappa shape index (κ1) is 17.0. The molecule has 0 radical (unpaired) electrons. The van der Waals surface area contributed by atoms with Gasteiger partial charge in [-0.1, -0.05) is 12.1 Å². The van der Waals surface area contributed by atoms with Gasteiger partial charge in [0.1, 0.15) is 23.6 Å². The molecule has 2 aromatic rings. The van der Waals surface area contributed by atoms with Crippen molar-refractivity contribution in [2.75, 3.05) is 29.6 Å². The molecule has 0 bridgehead atoms. The second-order valence-corrected chi connectivity index (χ2v) is 6.17. The van der Waals surface area contributed by atoms with Gasteiger partial charge in [0.15, 0.2) is 0 Å². The van der Waals surface area contributed by atoms with Gasteiger partial charge in [0.2, 0.25) is 5.91 Å². The number of para-hydroxylation sites is 2. The van der Waals surface area contributed by atoms with Gasteiger partial charge >= 0.3 is 0 Å². The minimum atomic E-state index is -0.392. The van der Waals surface area contributed by atoms with E-state index in [-0.39, 0.29) is 12.0 Å². The topological polar surface area (TPSA) is 76.8 Å². The number of hydrogen-bond acceptors (Lipinski definition) is 5. The van der Waals surface area contributed by atoms with Crippen molar-refractivity contribution in [1.29, 1.82) is 0 Å². The predicted molar refractivity (Wildman–Crippen MR) is 99.4 cm³/mol. The monoisotopic (exact) mass is 341 g/mol. The summed E-state index contributed by atoms with van der Waals surface area (Å²) < 4.78 is 11.1. The maximum atomic E-state index is 12.8. The van der Waals surface area contributed by atoms with Crippen LogP contribution in [0.15, 0.2) is 42.5 Å². The third kappa shape index (κ3) is 3.47. The van der Waals surface area contributed by atoms with Gasteiger partial charge in [-0.3, -0.25) is 4.79 Å². The first-order valence-corrected chi connectivity index (χ1v) is 8.26.